The van der Waals surface area contributed by atoms with Crippen LogP contribution in [0.5, 0.6) is 5.75 Å². The van der Waals surface area contributed by atoms with E-state index in [0.717, 1.165) is 13.2 Å². The van der Waals surface area contributed by atoms with Crippen LogP contribution in [-0.4, -0.2) is 15.5 Å². The molecule has 0 amide bonds. The summed E-state index contributed by atoms with van der Waals surface area (Å²) in [5.74, 6) is -3.39. The van der Waals surface area contributed by atoms with E-state index < -0.39 is 31.3 Å². The van der Waals surface area contributed by atoms with E-state index in [1.807, 2.05) is 0 Å². The molecule has 0 unspecified atom stereocenters. The monoisotopic (exact) mass is 320 g/mol. The second-order valence-electron chi connectivity index (χ2n) is 2.46. The minimum absolute atomic E-state index is 0.201. The number of benzene rings is 1. The Hall–Kier alpha value is -0.400. The molecule has 1 rings (SSSR count). The average molecular weight is 322 g/mol. The molecular formula is C7H4BrClF2O3S. The van der Waals surface area contributed by atoms with E-state index in [1.165, 1.54) is 0 Å². The van der Waals surface area contributed by atoms with E-state index in [-0.39, 0.29) is 4.47 Å². The summed E-state index contributed by atoms with van der Waals surface area (Å²) in [4.78, 5) is -0.942. The van der Waals surface area contributed by atoms with E-state index in [0.29, 0.717) is 0 Å². The Bertz CT molecular complexity index is 503. The van der Waals surface area contributed by atoms with Gasteiger partial charge in [0.15, 0.2) is 11.6 Å². The highest BCUT2D eigenvalue weighted by atomic mass is 79.9. The number of methoxy groups -OCH3 is 1. The maximum atomic E-state index is 13.3. The van der Waals surface area contributed by atoms with Crippen molar-refractivity contribution in [1.82, 2.24) is 0 Å². The van der Waals surface area contributed by atoms with Crippen LogP contribution < -0.4 is 4.74 Å². The summed E-state index contributed by atoms with van der Waals surface area (Å²) < 4.78 is 52.5. The zero-order valence-electron chi connectivity index (χ0n) is 7.22. The van der Waals surface area contributed by atoms with Crippen molar-refractivity contribution in [2.75, 3.05) is 7.11 Å². The molecule has 0 bridgehead atoms. The van der Waals surface area contributed by atoms with Gasteiger partial charge in [0, 0.05) is 15.2 Å². The summed E-state index contributed by atoms with van der Waals surface area (Å²) in [6.45, 7) is 0. The van der Waals surface area contributed by atoms with Gasteiger partial charge in [-0.25, -0.2) is 12.8 Å². The molecule has 0 fully saturated rings. The van der Waals surface area contributed by atoms with Crippen molar-refractivity contribution in [3.8, 4) is 5.75 Å². The fourth-order valence-corrected chi connectivity index (χ4v) is 3.28. The lowest BCUT2D eigenvalue weighted by atomic mass is 10.3. The Morgan fingerprint density at radius 1 is 1.40 bits per heavy atom. The van der Waals surface area contributed by atoms with Gasteiger partial charge in [-0.3, -0.25) is 0 Å². The van der Waals surface area contributed by atoms with Gasteiger partial charge in [0.1, 0.15) is 4.90 Å². The van der Waals surface area contributed by atoms with Gasteiger partial charge in [0.05, 0.1) is 7.11 Å². The summed E-state index contributed by atoms with van der Waals surface area (Å²) in [5.41, 5.74) is 0. The topological polar surface area (TPSA) is 43.4 Å². The normalized spacial score (nSPS) is 11.5. The fourth-order valence-electron chi connectivity index (χ4n) is 0.929. The molecule has 0 N–H and O–H groups in total. The molecule has 84 valence electrons. The number of ether oxygens (including phenoxy) is 1. The van der Waals surface area contributed by atoms with E-state index >= 15 is 0 Å². The van der Waals surface area contributed by atoms with Crippen molar-refractivity contribution in [1.29, 1.82) is 0 Å². The Morgan fingerprint density at radius 2 is 1.93 bits per heavy atom. The van der Waals surface area contributed by atoms with Crippen LogP contribution in [0.1, 0.15) is 0 Å². The lowest BCUT2D eigenvalue weighted by Gasteiger charge is -2.07. The minimum atomic E-state index is -4.36. The molecule has 3 nitrogen and oxygen atoms in total. The number of halogens is 4. The van der Waals surface area contributed by atoms with Crippen LogP contribution >= 0.6 is 26.6 Å². The molecule has 0 atom stereocenters. The molecule has 0 radical (unpaired) electrons. The first kappa shape index (κ1) is 12.7. The van der Waals surface area contributed by atoms with Crippen LogP contribution in [0.4, 0.5) is 8.78 Å². The lowest BCUT2D eigenvalue weighted by molar-refractivity contribution is 0.366. The smallest absolute Gasteiger partial charge is 0.265 e. The third-order valence-electron chi connectivity index (χ3n) is 1.55. The molecule has 0 saturated heterocycles. The SMILES string of the molecule is COc1cc(Br)c(S(=O)(=O)Cl)c(F)c1F. The maximum Gasteiger partial charge on any atom is 0.265 e. The summed E-state index contributed by atoms with van der Waals surface area (Å²) in [6, 6.07) is 0.980. The average Bonchev–Trinajstić information content (AvgIpc) is 2.09. The Kier molecular flexibility index (Phi) is 3.57. The third kappa shape index (κ3) is 2.40. The van der Waals surface area contributed by atoms with Gasteiger partial charge < -0.3 is 4.74 Å². The Morgan fingerprint density at radius 3 is 2.33 bits per heavy atom. The van der Waals surface area contributed by atoms with Gasteiger partial charge in [0.25, 0.3) is 9.05 Å². The predicted octanol–water partition coefficient (Wildman–Crippen LogP) is 2.66. The highest BCUT2D eigenvalue weighted by Crippen LogP contribution is 2.34. The largest absolute Gasteiger partial charge is 0.494 e. The summed E-state index contributed by atoms with van der Waals surface area (Å²) in [7, 11) is 1.70. The molecular weight excluding hydrogens is 317 g/mol. The number of hydrogen-bond donors (Lipinski definition) is 0. The fraction of sp³-hybridized carbons (Fsp3) is 0.143. The molecule has 0 aliphatic rings. The molecule has 0 spiro atoms. The first-order chi connectivity index (χ1) is 6.79. The van der Waals surface area contributed by atoms with Crippen molar-refractivity contribution in [3.05, 3.63) is 22.2 Å². The molecule has 8 heteroatoms. The molecule has 1 aromatic rings. The van der Waals surface area contributed by atoms with E-state index in [1.54, 1.807) is 0 Å². The highest BCUT2D eigenvalue weighted by molar-refractivity contribution is 9.10. The highest BCUT2D eigenvalue weighted by Gasteiger charge is 2.26. The molecule has 0 aliphatic carbocycles. The van der Waals surface area contributed by atoms with Crippen LogP contribution in [0.15, 0.2) is 15.4 Å². The van der Waals surface area contributed by atoms with E-state index in [2.05, 4.69) is 20.7 Å². The van der Waals surface area contributed by atoms with E-state index in [9.17, 15) is 17.2 Å². The van der Waals surface area contributed by atoms with Gasteiger partial charge in [-0.2, -0.15) is 4.39 Å². The van der Waals surface area contributed by atoms with E-state index in [4.69, 9.17) is 10.7 Å². The zero-order valence-corrected chi connectivity index (χ0v) is 10.4. The first-order valence-corrected chi connectivity index (χ1v) is 6.55. The van der Waals surface area contributed by atoms with Crippen LogP contribution in [0.25, 0.3) is 0 Å². The molecule has 1 aromatic carbocycles. The van der Waals surface area contributed by atoms with Crippen LogP contribution in [0.3, 0.4) is 0 Å². The second kappa shape index (κ2) is 4.23. The van der Waals surface area contributed by atoms with Crippen molar-refractivity contribution in [2.45, 2.75) is 4.90 Å². The molecule has 15 heavy (non-hydrogen) atoms. The standard InChI is InChI=1S/C7H4BrClF2O3S/c1-14-4-2-3(8)7(15(9,12)13)6(11)5(4)10/h2H,1H3. The van der Waals surface area contributed by atoms with Gasteiger partial charge in [-0.1, -0.05) is 0 Å². The number of hydrogen-bond acceptors (Lipinski definition) is 3. The van der Waals surface area contributed by atoms with Crippen molar-refractivity contribution >= 4 is 35.7 Å². The third-order valence-corrected chi connectivity index (χ3v) is 3.78. The van der Waals surface area contributed by atoms with Crippen molar-refractivity contribution < 1.29 is 21.9 Å². The van der Waals surface area contributed by atoms with Crippen LogP contribution in [0, 0.1) is 11.6 Å². The minimum Gasteiger partial charge on any atom is -0.494 e. The van der Waals surface area contributed by atoms with Crippen LogP contribution in [-0.2, 0) is 9.05 Å². The Balaban J connectivity index is 3.65. The van der Waals surface area contributed by atoms with Crippen molar-refractivity contribution in [2.24, 2.45) is 0 Å². The molecule has 0 saturated carbocycles. The summed E-state index contributed by atoms with van der Waals surface area (Å²) in [6.07, 6.45) is 0. The van der Waals surface area contributed by atoms with Crippen LogP contribution in [0.2, 0.25) is 0 Å². The zero-order chi connectivity index (χ0) is 11.8. The molecule has 0 heterocycles. The van der Waals surface area contributed by atoms with Gasteiger partial charge in [0.2, 0.25) is 5.82 Å². The maximum absolute atomic E-state index is 13.3. The summed E-state index contributed by atoms with van der Waals surface area (Å²) >= 11 is 2.76. The quantitative estimate of drug-likeness (QED) is 0.621. The van der Waals surface area contributed by atoms with Gasteiger partial charge in [-0.05, 0) is 22.0 Å². The molecule has 0 aliphatic heterocycles. The first-order valence-electron chi connectivity index (χ1n) is 3.45. The lowest BCUT2D eigenvalue weighted by Crippen LogP contribution is -2.02. The summed E-state index contributed by atoms with van der Waals surface area (Å²) in [5, 5.41) is 0. The Labute approximate surface area is 97.5 Å². The second-order valence-corrected chi connectivity index (χ2v) is 5.81. The predicted molar refractivity (Wildman–Crippen MR) is 53.6 cm³/mol. The molecule has 0 aromatic heterocycles. The number of rotatable bonds is 2. The van der Waals surface area contributed by atoms with Gasteiger partial charge >= 0.3 is 0 Å². The van der Waals surface area contributed by atoms with Crippen molar-refractivity contribution in [3.63, 3.8) is 0 Å². The van der Waals surface area contributed by atoms with Gasteiger partial charge in [-0.15, -0.1) is 0 Å².